The third-order valence-electron chi connectivity index (χ3n) is 2.74. The Balaban J connectivity index is 0. The zero-order valence-electron chi connectivity index (χ0n) is 13.0. The Bertz CT molecular complexity index is 322. The predicted molar refractivity (Wildman–Crippen MR) is 72.7 cm³/mol. The number of hydrogen-bond acceptors (Lipinski definition) is 5. The highest BCUT2D eigenvalue weighted by Gasteiger charge is 2.30. The van der Waals surface area contributed by atoms with Gasteiger partial charge in [-0.25, -0.2) is 14.4 Å². The zero-order valence-corrected chi connectivity index (χ0v) is 13.8. The highest BCUT2D eigenvalue weighted by atomic mass is 35.5. The summed E-state index contributed by atoms with van der Waals surface area (Å²) in [5.41, 5.74) is 0. The summed E-state index contributed by atoms with van der Waals surface area (Å²) in [6.07, 6.45) is 3.92. The average molecular weight is 324 g/mol. The van der Waals surface area contributed by atoms with E-state index in [1.807, 2.05) is 13.8 Å². The number of carbonyl (C=O) groups is 3. The first kappa shape index (κ1) is 22.1. The molecule has 0 fully saturated rings. The van der Waals surface area contributed by atoms with Crippen LogP contribution in [0.25, 0.3) is 0 Å². The Labute approximate surface area is 132 Å². The summed E-state index contributed by atoms with van der Waals surface area (Å²) < 4.78 is 9.72. The van der Waals surface area contributed by atoms with Gasteiger partial charge in [0.25, 0.3) is 0 Å². The molecule has 0 saturated carbocycles. The molecule has 0 aromatic rings. The molecule has 7 heteroatoms. The molecule has 0 heterocycles. The number of hydrogen-bond donors (Lipinski definition) is 1. The standard InChI is InChI=1S/C14H25NO5.ClH/c1-4-7-9-11(13(17)20-10-8-5-2)15-12(16)14(18)19-6-3;/h11H,4-10H2,1-3H3,(H,15,16);1H. The number of primary amides is 1. The van der Waals surface area contributed by atoms with Gasteiger partial charge in [-0.2, -0.15) is 0 Å². The van der Waals surface area contributed by atoms with Gasteiger partial charge in [0.2, 0.25) is 0 Å². The fourth-order valence-electron chi connectivity index (χ4n) is 1.57. The molecule has 1 atom stereocenters. The van der Waals surface area contributed by atoms with Crippen molar-refractivity contribution < 1.29 is 41.6 Å². The van der Waals surface area contributed by atoms with E-state index in [1.165, 1.54) is 0 Å². The lowest BCUT2D eigenvalue weighted by atomic mass is 10.1. The van der Waals surface area contributed by atoms with Gasteiger partial charge in [0, 0.05) is 6.42 Å². The van der Waals surface area contributed by atoms with Crippen LogP contribution in [0.1, 0.15) is 52.9 Å². The maximum atomic E-state index is 11.9. The van der Waals surface area contributed by atoms with E-state index in [0.717, 1.165) is 31.0 Å². The van der Waals surface area contributed by atoms with Gasteiger partial charge >= 0.3 is 17.8 Å². The lowest BCUT2D eigenvalue weighted by molar-refractivity contribution is -0.591. The van der Waals surface area contributed by atoms with Crippen molar-refractivity contribution in [2.24, 2.45) is 0 Å². The average Bonchev–Trinajstić information content (AvgIpc) is 2.43. The van der Waals surface area contributed by atoms with Crippen molar-refractivity contribution >= 4 is 17.8 Å². The molecule has 21 heavy (non-hydrogen) atoms. The van der Waals surface area contributed by atoms with E-state index in [-0.39, 0.29) is 19.0 Å². The first-order chi connectivity index (χ1) is 9.56. The first-order valence-electron chi connectivity index (χ1n) is 7.29. The van der Waals surface area contributed by atoms with Crippen LogP contribution in [0.4, 0.5) is 0 Å². The highest BCUT2D eigenvalue weighted by molar-refractivity contribution is 6.28. The molecular weight excluding hydrogens is 298 g/mol. The zero-order chi connectivity index (χ0) is 15.4. The molecule has 0 radical (unpaired) electrons. The molecule has 1 unspecified atom stereocenters. The maximum absolute atomic E-state index is 11.9. The summed E-state index contributed by atoms with van der Waals surface area (Å²) in [6, 6.07) is -0.663. The first-order valence-corrected chi connectivity index (χ1v) is 7.29. The second-order valence-electron chi connectivity index (χ2n) is 4.52. The SMILES string of the molecule is CCCCOC(=O)C(CCCC)[NH2+]C(=O)C(=O)OCC.[Cl-]. The summed E-state index contributed by atoms with van der Waals surface area (Å²) in [7, 11) is 0. The van der Waals surface area contributed by atoms with E-state index in [2.05, 4.69) is 4.74 Å². The monoisotopic (exact) mass is 323 g/mol. The van der Waals surface area contributed by atoms with Crippen molar-refractivity contribution in [1.82, 2.24) is 0 Å². The second kappa shape index (κ2) is 13.8. The minimum Gasteiger partial charge on any atom is -1.00 e. The molecule has 6 nitrogen and oxygen atoms in total. The molecule has 124 valence electrons. The van der Waals surface area contributed by atoms with E-state index in [1.54, 1.807) is 6.92 Å². The van der Waals surface area contributed by atoms with Crippen LogP contribution in [0.3, 0.4) is 0 Å². The van der Waals surface area contributed by atoms with Gasteiger partial charge in [-0.1, -0.05) is 26.7 Å². The molecule has 1 amide bonds. The molecule has 0 aliphatic carbocycles. The number of nitrogens with two attached hydrogens (primary N) is 1. The lowest BCUT2D eigenvalue weighted by Gasteiger charge is -2.12. The molecule has 0 saturated heterocycles. The number of ether oxygens (including phenoxy) is 2. The molecule has 0 aliphatic rings. The number of rotatable bonds is 9. The van der Waals surface area contributed by atoms with Gasteiger partial charge in [0.15, 0.2) is 6.04 Å². The largest absolute Gasteiger partial charge is 1.00 e. The molecule has 0 aliphatic heterocycles. The van der Waals surface area contributed by atoms with E-state index >= 15 is 0 Å². The van der Waals surface area contributed by atoms with E-state index in [9.17, 15) is 14.4 Å². The smallest absolute Gasteiger partial charge is 0.436 e. The number of quaternary nitrogens is 1. The van der Waals surface area contributed by atoms with Crippen molar-refractivity contribution in [3.63, 3.8) is 0 Å². The quantitative estimate of drug-likeness (QED) is 0.289. The Hall–Kier alpha value is -1.14. The number of unbranched alkanes of at least 4 members (excludes halogenated alkanes) is 2. The van der Waals surface area contributed by atoms with Gasteiger partial charge < -0.3 is 21.9 Å². The number of carbonyl (C=O) groups excluding carboxylic acids is 3. The van der Waals surface area contributed by atoms with Crippen LogP contribution in [0.2, 0.25) is 0 Å². The van der Waals surface area contributed by atoms with E-state index < -0.39 is 23.9 Å². The number of halogens is 1. The van der Waals surface area contributed by atoms with Gasteiger partial charge in [-0.3, -0.25) is 5.32 Å². The summed E-state index contributed by atoms with van der Waals surface area (Å²) in [4.78, 5) is 34.8. The predicted octanol–water partition coefficient (Wildman–Crippen LogP) is -2.45. The summed E-state index contributed by atoms with van der Waals surface area (Å²) in [6.45, 7) is 6.10. The minimum atomic E-state index is -0.921. The molecule has 0 aromatic heterocycles. The van der Waals surface area contributed by atoms with Crippen LogP contribution < -0.4 is 17.7 Å². The maximum Gasteiger partial charge on any atom is 0.436 e. The Morgan fingerprint density at radius 2 is 1.62 bits per heavy atom. The van der Waals surface area contributed by atoms with E-state index in [4.69, 9.17) is 4.74 Å². The number of amides is 1. The molecule has 0 aromatic carbocycles. The Morgan fingerprint density at radius 1 is 1.00 bits per heavy atom. The number of esters is 2. The van der Waals surface area contributed by atoms with Crippen LogP contribution in [0.5, 0.6) is 0 Å². The van der Waals surface area contributed by atoms with Crippen LogP contribution >= 0.6 is 0 Å². The Kier molecular flexibility index (Phi) is 14.6. The molecular formula is C14H26ClNO5. The van der Waals surface area contributed by atoms with Gasteiger partial charge in [0.05, 0.1) is 13.2 Å². The van der Waals surface area contributed by atoms with Crippen LogP contribution in [0.15, 0.2) is 0 Å². The van der Waals surface area contributed by atoms with Crippen molar-refractivity contribution in [1.29, 1.82) is 0 Å². The van der Waals surface area contributed by atoms with Crippen LogP contribution in [-0.4, -0.2) is 37.1 Å². The van der Waals surface area contributed by atoms with Crippen molar-refractivity contribution in [3.05, 3.63) is 0 Å². The molecule has 0 rings (SSSR count). The van der Waals surface area contributed by atoms with Gasteiger partial charge in [-0.15, -0.1) is 0 Å². The van der Waals surface area contributed by atoms with E-state index in [0.29, 0.717) is 13.0 Å². The third kappa shape index (κ3) is 10.3. The highest BCUT2D eigenvalue weighted by Crippen LogP contribution is 2.00. The fourth-order valence-corrected chi connectivity index (χ4v) is 1.57. The van der Waals surface area contributed by atoms with Crippen LogP contribution in [0, 0.1) is 0 Å². The summed E-state index contributed by atoms with van der Waals surface area (Å²) in [5.74, 6) is -2.14. The fraction of sp³-hybridized carbons (Fsp3) is 0.786. The molecule has 2 N–H and O–H groups in total. The Morgan fingerprint density at radius 3 is 2.14 bits per heavy atom. The van der Waals surface area contributed by atoms with Crippen molar-refractivity contribution in [2.45, 2.75) is 58.9 Å². The van der Waals surface area contributed by atoms with Gasteiger partial charge in [-0.05, 0) is 19.8 Å². The lowest BCUT2D eigenvalue weighted by Crippen LogP contribution is -3.00. The molecule has 0 bridgehead atoms. The van der Waals surface area contributed by atoms with Crippen molar-refractivity contribution in [2.75, 3.05) is 13.2 Å². The van der Waals surface area contributed by atoms with Crippen molar-refractivity contribution in [3.8, 4) is 0 Å². The van der Waals surface area contributed by atoms with Crippen LogP contribution in [-0.2, 0) is 23.9 Å². The summed E-state index contributed by atoms with van der Waals surface area (Å²) >= 11 is 0. The summed E-state index contributed by atoms with van der Waals surface area (Å²) in [5, 5.41) is 1.13. The topological polar surface area (TPSA) is 86.3 Å². The third-order valence-corrected chi connectivity index (χ3v) is 2.74. The van der Waals surface area contributed by atoms with Gasteiger partial charge in [0.1, 0.15) is 0 Å². The normalized spacial score (nSPS) is 11.2. The molecule has 0 spiro atoms. The second-order valence-corrected chi connectivity index (χ2v) is 4.52. The minimum absolute atomic E-state index is 0.